The molecule has 2 aliphatic rings. The van der Waals surface area contributed by atoms with Gasteiger partial charge in [0.05, 0.1) is 27.4 Å². The lowest BCUT2D eigenvalue weighted by Crippen LogP contribution is -2.39. The first kappa shape index (κ1) is 22.9. The minimum absolute atomic E-state index is 0.0693. The molecule has 1 amide bonds. The number of sulfonamides is 1. The molecule has 0 radical (unpaired) electrons. The highest BCUT2D eigenvalue weighted by atomic mass is 35.5. The summed E-state index contributed by atoms with van der Waals surface area (Å²) in [6.07, 6.45) is 7.69. The van der Waals surface area contributed by atoms with E-state index in [2.05, 4.69) is 10.0 Å². The van der Waals surface area contributed by atoms with E-state index in [0.717, 1.165) is 47.5 Å². The lowest BCUT2D eigenvalue weighted by molar-refractivity contribution is 0.0919. The maximum atomic E-state index is 13.4. The molecule has 4 rings (SSSR count). The van der Waals surface area contributed by atoms with E-state index in [4.69, 9.17) is 23.2 Å². The zero-order valence-corrected chi connectivity index (χ0v) is 20.2. The topological polar surface area (TPSA) is 80.2 Å². The number of fused-ring (bicyclic) bond motifs is 3. The van der Waals surface area contributed by atoms with Gasteiger partial charge in [0.15, 0.2) is 0 Å². The fourth-order valence-corrected chi connectivity index (χ4v) is 6.38. The van der Waals surface area contributed by atoms with Crippen LogP contribution in [0, 0.1) is 18.8 Å². The smallest absolute Gasteiger partial charge is 0.253 e. The van der Waals surface area contributed by atoms with Gasteiger partial charge in [-0.15, -0.1) is 0 Å². The molecule has 0 aliphatic heterocycles. The molecule has 1 heterocycles. The number of aromatic nitrogens is 1. The Morgan fingerprint density at radius 2 is 1.84 bits per heavy atom. The average molecular weight is 486 g/mol. The van der Waals surface area contributed by atoms with Crippen molar-refractivity contribution < 1.29 is 13.2 Å². The highest BCUT2D eigenvalue weighted by Gasteiger charge is 2.35. The van der Waals surface area contributed by atoms with E-state index in [1.807, 2.05) is 17.6 Å². The van der Waals surface area contributed by atoms with Gasteiger partial charge >= 0.3 is 0 Å². The Balaban J connectivity index is 1.61. The number of amides is 1. The minimum Gasteiger partial charge on any atom is -0.349 e. The third-order valence-electron chi connectivity index (χ3n) is 6.75. The van der Waals surface area contributed by atoms with E-state index < -0.39 is 10.0 Å². The molecule has 1 aromatic carbocycles. The van der Waals surface area contributed by atoms with Gasteiger partial charge in [0.1, 0.15) is 0 Å². The van der Waals surface area contributed by atoms with Crippen LogP contribution in [0.15, 0.2) is 12.1 Å². The zero-order valence-electron chi connectivity index (χ0n) is 17.9. The number of hydrogen-bond acceptors (Lipinski definition) is 3. The predicted octanol–water partition coefficient (Wildman–Crippen LogP) is 4.50. The van der Waals surface area contributed by atoms with E-state index in [-0.39, 0.29) is 11.9 Å². The zero-order chi connectivity index (χ0) is 22.3. The molecule has 2 fully saturated rings. The summed E-state index contributed by atoms with van der Waals surface area (Å²) in [4.78, 5) is 13.4. The van der Waals surface area contributed by atoms with Crippen LogP contribution in [0.4, 0.5) is 0 Å². The van der Waals surface area contributed by atoms with Crippen molar-refractivity contribution in [3.63, 3.8) is 0 Å². The van der Waals surface area contributed by atoms with Gasteiger partial charge < -0.3 is 9.88 Å². The van der Waals surface area contributed by atoms with E-state index in [0.29, 0.717) is 35.1 Å². The van der Waals surface area contributed by atoms with Gasteiger partial charge in [0.25, 0.3) is 5.91 Å². The van der Waals surface area contributed by atoms with Crippen LogP contribution < -0.4 is 10.0 Å². The van der Waals surface area contributed by atoms with Crippen LogP contribution in [0.1, 0.15) is 54.6 Å². The summed E-state index contributed by atoms with van der Waals surface area (Å²) in [5.41, 5.74) is 2.16. The van der Waals surface area contributed by atoms with Crippen LogP contribution in [0.3, 0.4) is 0 Å². The molecule has 2 atom stereocenters. The molecular formula is C22H29Cl2N3O3S. The van der Waals surface area contributed by atoms with Crippen molar-refractivity contribution in [2.75, 3.05) is 12.8 Å². The summed E-state index contributed by atoms with van der Waals surface area (Å²) < 4.78 is 27.2. The van der Waals surface area contributed by atoms with Crippen LogP contribution in [0.2, 0.25) is 10.0 Å². The van der Waals surface area contributed by atoms with Gasteiger partial charge in [-0.05, 0) is 50.5 Å². The van der Waals surface area contributed by atoms with Gasteiger partial charge in [0, 0.05) is 30.2 Å². The van der Waals surface area contributed by atoms with E-state index in [9.17, 15) is 13.2 Å². The number of rotatable bonds is 7. The molecule has 1 aromatic heterocycles. The molecule has 2 saturated carbocycles. The number of carbonyl (C=O) groups excluding carboxylic acids is 1. The quantitative estimate of drug-likeness (QED) is 0.566. The van der Waals surface area contributed by atoms with Gasteiger partial charge in [-0.3, -0.25) is 4.79 Å². The summed E-state index contributed by atoms with van der Waals surface area (Å²) in [6, 6.07) is 3.79. The predicted molar refractivity (Wildman–Crippen MR) is 125 cm³/mol. The lowest BCUT2D eigenvalue weighted by atomic mass is 9.85. The normalized spacial score (nSPS) is 23.4. The molecule has 2 unspecified atom stereocenters. The van der Waals surface area contributed by atoms with Crippen LogP contribution in [-0.2, 0) is 16.6 Å². The summed E-state index contributed by atoms with van der Waals surface area (Å²) >= 11 is 12.8. The fraction of sp³-hybridized carbons (Fsp3) is 0.591. The molecule has 170 valence electrons. The van der Waals surface area contributed by atoms with Crippen molar-refractivity contribution in [3.8, 4) is 0 Å². The first-order valence-electron chi connectivity index (χ1n) is 10.9. The molecule has 2 aliphatic carbocycles. The number of carbonyl (C=O) groups is 1. The number of aryl methyl sites for hydroxylation is 1. The fourth-order valence-electron chi connectivity index (χ4n) is 5.45. The van der Waals surface area contributed by atoms with Gasteiger partial charge in [0.2, 0.25) is 10.0 Å². The number of halogens is 2. The average Bonchev–Trinajstić information content (AvgIpc) is 3.17. The molecular weight excluding hydrogens is 457 g/mol. The largest absolute Gasteiger partial charge is 0.349 e. The molecule has 2 N–H and O–H groups in total. The van der Waals surface area contributed by atoms with E-state index in [1.54, 1.807) is 6.07 Å². The van der Waals surface area contributed by atoms with Crippen LogP contribution in [-0.4, -0.2) is 37.7 Å². The molecule has 6 nitrogen and oxygen atoms in total. The number of nitrogens with one attached hydrogen (secondary N) is 2. The van der Waals surface area contributed by atoms with Crippen LogP contribution >= 0.6 is 23.2 Å². The Hall–Kier alpha value is -1.28. The summed E-state index contributed by atoms with van der Waals surface area (Å²) in [6.45, 7) is 2.74. The Morgan fingerprint density at radius 1 is 1.16 bits per heavy atom. The summed E-state index contributed by atoms with van der Waals surface area (Å²) in [5, 5.41) is 4.90. The minimum atomic E-state index is -3.25. The number of nitrogens with zero attached hydrogens (tertiary/aromatic N) is 1. The second kappa shape index (κ2) is 8.93. The highest BCUT2D eigenvalue weighted by molar-refractivity contribution is 7.88. The Morgan fingerprint density at radius 3 is 2.48 bits per heavy atom. The van der Waals surface area contributed by atoms with Crippen molar-refractivity contribution in [2.24, 2.45) is 11.8 Å². The second-order valence-electron chi connectivity index (χ2n) is 9.08. The van der Waals surface area contributed by atoms with Crippen LogP contribution in [0.5, 0.6) is 0 Å². The van der Waals surface area contributed by atoms with Crippen molar-refractivity contribution in [3.05, 3.63) is 33.4 Å². The van der Waals surface area contributed by atoms with Crippen molar-refractivity contribution >= 4 is 50.0 Å². The Labute approximate surface area is 193 Å². The molecule has 2 bridgehead atoms. The third-order valence-corrected chi connectivity index (χ3v) is 8.27. The monoisotopic (exact) mass is 485 g/mol. The molecule has 31 heavy (non-hydrogen) atoms. The molecule has 2 aromatic rings. The van der Waals surface area contributed by atoms with Gasteiger partial charge in [-0.2, -0.15) is 0 Å². The SMILES string of the molecule is Cc1c(C(=O)NC2CC3CCC(C3)C2)c2ccc(Cl)c(Cl)c2n1CCCNS(C)(=O)=O. The van der Waals surface area contributed by atoms with Crippen molar-refractivity contribution in [2.45, 2.75) is 58.0 Å². The second-order valence-corrected chi connectivity index (χ2v) is 11.7. The van der Waals surface area contributed by atoms with Crippen molar-refractivity contribution in [1.29, 1.82) is 0 Å². The van der Waals surface area contributed by atoms with E-state index >= 15 is 0 Å². The maximum Gasteiger partial charge on any atom is 0.253 e. The van der Waals surface area contributed by atoms with Crippen LogP contribution in [0.25, 0.3) is 10.9 Å². The maximum absolute atomic E-state index is 13.4. The Bertz CT molecular complexity index is 1100. The first-order valence-corrected chi connectivity index (χ1v) is 13.5. The lowest BCUT2D eigenvalue weighted by Gasteiger charge is -2.28. The van der Waals surface area contributed by atoms with Gasteiger partial charge in [-0.25, -0.2) is 13.1 Å². The van der Waals surface area contributed by atoms with E-state index in [1.165, 1.54) is 19.3 Å². The first-order chi connectivity index (χ1) is 14.6. The van der Waals surface area contributed by atoms with Crippen molar-refractivity contribution in [1.82, 2.24) is 14.6 Å². The summed E-state index contributed by atoms with van der Waals surface area (Å²) in [7, 11) is -3.25. The Kier molecular flexibility index (Phi) is 6.59. The highest BCUT2D eigenvalue weighted by Crippen LogP contribution is 2.42. The number of benzene rings is 1. The standard InChI is InChI=1S/C22H29Cl2N3O3S/c1-13-19(22(28)26-16-11-14-4-5-15(10-14)12-16)17-6-7-18(23)20(24)21(17)27(13)9-3-8-25-31(2,29)30/h6-7,14-16,25H,3-5,8-12H2,1-2H3,(H,26,28). The number of hydrogen-bond donors (Lipinski definition) is 2. The molecule has 9 heteroatoms. The molecule has 0 saturated heterocycles. The molecule has 0 spiro atoms. The third kappa shape index (κ3) is 4.90. The summed E-state index contributed by atoms with van der Waals surface area (Å²) in [5.74, 6) is 1.41. The van der Waals surface area contributed by atoms with Gasteiger partial charge in [-0.1, -0.05) is 42.1 Å².